The summed E-state index contributed by atoms with van der Waals surface area (Å²) in [5, 5.41) is 1.11. The predicted octanol–water partition coefficient (Wildman–Crippen LogP) is 1.81. The Morgan fingerprint density at radius 3 is 2.36 bits per heavy atom. The lowest BCUT2D eigenvalue weighted by Gasteiger charge is -2.36. The number of aromatic nitrogens is 4. The third kappa shape index (κ3) is 3.05. The highest BCUT2D eigenvalue weighted by atomic mass is 15.3. The second-order valence-electron chi connectivity index (χ2n) is 6.32. The van der Waals surface area contributed by atoms with Gasteiger partial charge in [0.15, 0.2) is 0 Å². The van der Waals surface area contributed by atoms with Crippen molar-refractivity contribution in [3.8, 4) is 0 Å². The van der Waals surface area contributed by atoms with E-state index < -0.39 is 0 Å². The van der Waals surface area contributed by atoms with E-state index in [-0.39, 0.29) is 0 Å². The quantitative estimate of drug-likeness (QED) is 0.723. The smallest absolute Gasteiger partial charge is 0.140 e. The minimum absolute atomic E-state index is 0.905. The summed E-state index contributed by atoms with van der Waals surface area (Å²) < 4.78 is 0. The maximum atomic E-state index is 4.53. The summed E-state index contributed by atoms with van der Waals surface area (Å²) >= 11 is 0. The van der Waals surface area contributed by atoms with Crippen molar-refractivity contribution in [1.82, 2.24) is 19.9 Å². The van der Waals surface area contributed by atoms with E-state index in [2.05, 4.69) is 35.8 Å². The molecule has 0 saturated carbocycles. The second kappa shape index (κ2) is 6.51. The first kappa shape index (κ1) is 15.6. The number of nitrogens with zero attached hydrogens (tertiary/aromatic N) is 7. The lowest BCUT2D eigenvalue weighted by molar-refractivity contribution is 0.642. The molecule has 1 aromatic carbocycles. The highest BCUT2D eigenvalue weighted by Crippen LogP contribution is 2.25. The van der Waals surface area contributed by atoms with Gasteiger partial charge in [0.1, 0.15) is 30.1 Å². The lowest BCUT2D eigenvalue weighted by Crippen LogP contribution is -2.47. The van der Waals surface area contributed by atoms with Crippen LogP contribution in [0.1, 0.15) is 0 Å². The Labute approximate surface area is 147 Å². The first-order valence-corrected chi connectivity index (χ1v) is 8.41. The molecule has 0 spiro atoms. The van der Waals surface area contributed by atoms with Crippen molar-refractivity contribution in [2.75, 3.05) is 55.0 Å². The van der Waals surface area contributed by atoms with Crippen molar-refractivity contribution in [3.05, 3.63) is 43.0 Å². The molecule has 0 amide bonds. The molecule has 0 atom stereocenters. The monoisotopic (exact) mass is 335 g/mol. The van der Waals surface area contributed by atoms with Crippen LogP contribution in [0, 0.1) is 0 Å². The average molecular weight is 335 g/mol. The van der Waals surface area contributed by atoms with Crippen LogP contribution in [0.5, 0.6) is 0 Å². The van der Waals surface area contributed by atoms with Crippen molar-refractivity contribution in [1.29, 1.82) is 0 Å². The van der Waals surface area contributed by atoms with E-state index >= 15 is 0 Å². The summed E-state index contributed by atoms with van der Waals surface area (Å²) in [6.45, 7) is 3.62. The normalized spacial score (nSPS) is 14.8. The van der Waals surface area contributed by atoms with Gasteiger partial charge in [-0.25, -0.2) is 19.9 Å². The SMILES string of the molecule is CN(C)c1cc(N2CCN(c3ncnc4ccccc34)CC2)ncn1. The van der Waals surface area contributed by atoms with Gasteiger partial charge in [-0.15, -0.1) is 0 Å². The molecule has 0 unspecified atom stereocenters. The molecule has 4 rings (SSSR count). The molecule has 7 nitrogen and oxygen atoms in total. The first-order valence-electron chi connectivity index (χ1n) is 8.41. The molecular formula is C18H21N7. The maximum absolute atomic E-state index is 4.53. The highest BCUT2D eigenvalue weighted by molar-refractivity contribution is 5.89. The minimum Gasteiger partial charge on any atom is -0.363 e. The van der Waals surface area contributed by atoms with Gasteiger partial charge in [0.2, 0.25) is 0 Å². The van der Waals surface area contributed by atoms with Gasteiger partial charge < -0.3 is 14.7 Å². The Kier molecular flexibility index (Phi) is 4.05. The summed E-state index contributed by atoms with van der Waals surface area (Å²) in [4.78, 5) is 24.2. The van der Waals surface area contributed by atoms with Crippen LogP contribution in [0.2, 0.25) is 0 Å². The van der Waals surface area contributed by atoms with E-state index in [0.29, 0.717) is 0 Å². The Bertz CT molecular complexity index is 867. The third-order valence-electron chi connectivity index (χ3n) is 4.52. The van der Waals surface area contributed by atoms with Crippen LogP contribution in [-0.4, -0.2) is 60.2 Å². The zero-order chi connectivity index (χ0) is 17.2. The van der Waals surface area contributed by atoms with Crippen molar-refractivity contribution in [3.63, 3.8) is 0 Å². The zero-order valence-corrected chi connectivity index (χ0v) is 14.5. The summed E-state index contributed by atoms with van der Waals surface area (Å²) in [5.41, 5.74) is 0.987. The summed E-state index contributed by atoms with van der Waals surface area (Å²) in [7, 11) is 3.98. The van der Waals surface area contributed by atoms with Gasteiger partial charge in [-0.05, 0) is 12.1 Å². The van der Waals surface area contributed by atoms with Crippen LogP contribution in [0.25, 0.3) is 10.9 Å². The van der Waals surface area contributed by atoms with Crippen LogP contribution in [-0.2, 0) is 0 Å². The molecule has 0 aliphatic carbocycles. The van der Waals surface area contributed by atoms with Crippen LogP contribution in [0.3, 0.4) is 0 Å². The van der Waals surface area contributed by atoms with Crippen LogP contribution in [0.15, 0.2) is 43.0 Å². The fourth-order valence-corrected chi connectivity index (χ4v) is 3.14. The van der Waals surface area contributed by atoms with Crippen LogP contribution in [0.4, 0.5) is 17.5 Å². The van der Waals surface area contributed by atoms with Gasteiger partial charge >= 0.3 is 0 Å². The average Bonchev–Trinajstić information content (AvgIpc) is 2.68. The van der Waals surface area contributed by atoms with Gasteiger partial charge in [-0.1, -0.05) is 12.1 Å². The van der Waals surface area contributed by atoms with Crippen LogP contribution >= 0.6 is 0 Å². The molecule has 1 fully saturated rings. The molecule has 0 bridgehead atoms. The summed E-state index contributed by atoms with van der Waals surface area (Å²) in [5.74, 6) is 2.92. The fourth-order valence-electron chi connectivity index (χ4n) is 3.14. The van der Waals surface area contributed by atoms with E-state index in [1.54, 1.807) is 12.7 Å². The molecule has 1 aliphatic heterocycles. The number of hydrogen-bond acceptors (Lipinski definition) is 7. The largest absolute Gasteiger partial charge is 0.363 e. The molecule has 3 heterocycles. The molecule has 0 radical (unpaired) electrons. The van der Waals surface area contributed by atoms with Crippen molar-refractivity contribution < 1.29 is 0 Å². The molecule has 3 aromatic rings. The van der Waals surface area contributed by atoms with E-state index in [0.717, 1.165) is 54.5 Å². The number of para-hydroxylation sites is 1. The predicted molar refractivity (Wildman–Crippen MR) is 100 cm³/mol. The number of hydrogen-bond donors (Lipinski definition) is 0. The second-order valence-corrected chi connectivity index (χ2v) is 6.32. The standard InChI is InChI=1S/C18H21N7/c1-23(2)16-11-17(21-13-20-16)24-7-9-25(10-8-24)18-14-5-3-4-6-15(14)19-12-22-18/h3-6,11-13H,7-10H2,1-2H3. The van der Waals surface area contributed by atoms with E-state index in [1.165, 1.54) is 0 Å². The van der Waals surface area contributed by atoms with Gasteiger partial charge in [0.05, 0.1) is 5.52 Å². The molecule has 7 heteroatoms. The number of piperazine rings is 1. The topological polar surface area (TPSA) is 61.3 Å². The number of anilines is 3. The van der Waals surface area contributed by atoms with Crippen molar-refractivity contribution >= 4 is 28.4 Å². The molecule has 1 aliphatic rings. The molecule has 128 valence electrons. The maximum Gasteiger partial charge on any atom is 0.140 e. The molecule has 1 saturated heterocycles. The fraction of sp³-hybridized carbons (Fsp3) is 0.333. The summed E-state index contributed by atoms with van der Waals surface area (Å²) in [6, 6.07) is 10.2. The summed E-state index contributed by atoms with van der Waals surface area (Å²) in [6.07, 6.45) is 3.28. The van der Waals surface area contributed by atoms with Crippen molar-refractivity contribution in [2.45, 2.75) is 0 Å². The lowest BCUT2D eigenvalue weighted by atomic mass is 10.2. The molecule has 2 aromatic heterocycles. The van der Waals surface area contributed by atoms with Gasteiger partial charge in [-0.2, -0.15) is 0 Å². The number of rotatable bonds is 3. The van der Waals surface area contributed by atoms with E-state index in [4.69, 9.17) is 0 Å². The Morgan fingerprint density at radius 2 is 1.56 bits per heavy atom. The van der Waals surface area contributed by atoms with E-state index in [1.807, 2.05) is 43.3 Å². The Balaban J connectivity index is 1.52. The van der Waals surface area contributed by atoms with E-state index in [9.17, 15) is 0 Å². The first-order chi connectivity index (χ1) is 12.2. The van der Waals surface area contributed by atoms with Gasteiger partial charge in [0.25, 0.3) is 0 Å². The number of fused-ring (bicyclic) bond motifs is 1. The van der Waals surface area contributed by atoms with Gasteiger partial charge in [0, 0.05) is 51.7 Å². The molecular weight excluding hydrogens is 314 g/mol. The van der Waals surface area contributed by atoms with Crippen molar-refractivity contribution in [2.24, 2.45) is 0 Å². The Morgan fingerprint density at radius 1 is 0.840 bits per heavy atom. The number of benzene rings is 1. The molecule has 25 heavy (non-hydrogen) atoms. The zero-order valence-electron chi connectivity index (χ0n) is 14.5. The highest BCUT2D eigenvalue weighted by Gasteiger charge is 2.21. The third-order valence-corrected chi connectivity index (χ3v) is 4.52. The minimum atomic E-state index is 0.905. The van der Waals surface area contributed by atoms with Crippen LogP contribution < -0.4 is 14.7 Å². The molecule has 0 N–H and O–H groups in total. The van der Waals surface area contributed by atoms with Gasteiger partial charge in [-0.3, -0.25) is 0 Å². The Hall–Kier alpha value is -2.96.